The first-order chi connectivity index (χ1) is 6.24. The monoisotopic (exact) mass is 181 g/mol. The smallest absolute Gasteiger partial charge is 0.108 e. The van der Waals surface area contributed by atoms with Crippen LogP contribution < -0.4 is 0 Å². The van der Waals surface area contributed by atoms with Gasteiger partial charge in [-0.1, -0.05) is 6.92 Å². The second-order valence-corrected chi connectivity index (χ2v) is 3.59. The maximum absolute atomic E-state index is 4.33. The Kier molecular flexibility index (Phi) is 3.96. The van der Waals surface area contributed by atoms with Gasteiger partial charge in [-0.05, 0) is 20.5 Å². The SMILES string of the molecule is CCCc1nccn1CCN(C)C. The zero-order chi connectivity index (χ0) is 9.68. The number of rotatable bonds is 5. The van der Waals surface area contributed by atoms with Crippen LogP contribution in [0, 0.1) is 0 Å². The van der Waals surface area contributed by atoms with E-state index in [1.165, 1.54) is 12.2 Å². The zero-order valence-electron chi connectivity index (χ0n) is 8.82. The van der Waals surface area contributed by atoms with Gasteiger partial charge in [-0.25, -0.2) is 4.98 Å². The molecule has 0 aliphatic heterocycles. The van der Waals surface area contributed by atoms with E-state index in [2.05, 4.69) is 41.7 Å². The minimum absolute atomic E-state index is 1.04. The van der Waals surface area contributed by atoms with Crippen molar-refractivity contribution in [2.24, 2.45) is 0 Å². The summed E-state index contributed by atoms with van der Waals surface area (Å²) in [7, 11) is 4.19. The number of aryl methyl sites for hydroxylation is 1. The van der Waals surface area contributed by atoms with Crippen LogP contribution in [0.2, 0.25) is 0 Å². The Hall–Kier alpha value is -0.830. The Labute approximate surface area is 80.4 Å². The van der Waals surface area contributed by atoms with Crippen molar-refractivity contribution in [1.82, 2.24) is 14.5 Å². The van der Waals surface area contributed by atoms with E-state index in [4.69, 9.17) is 0 Å². The summed E-state index contributed by atoms with van der Waals surface area (Å²) in [6.07, 6.45) is 6.20. The van der Waals surface area contributed by atoms with Gasteiger partial charge in [0, 0.05) is 31.9 Å². The molecule has 1 heterocycles. The van der Waals surface area contributed by atoms with E-state index in [9.17, 15) is 0 Å². The fraction of sp³-hybridized carbons (Fsp3) is 0.700. The summed E-state index contributed by atoms with van der Waals surface area (Å²) in [5.41, 5.74) is 0. The summed E-state index contributed by atoms with van der Waals surface area (Å²) >= 11 is 0. The summed E-state index contributed by atoms with van der Waals surface area (Å²) < 4.78 is 2.24. The highest BCUT2D eigenvalue weighted by Gasteiger charge is 2.00. The molecular weight excluding hydrogens is 162 g/mol. The van der Waals surface area contributed by atoms with Crippen LogP contribution in [0.4, 0.5) is 0 Å². The van der Waals surface area contributed by atoms with Gasteiger partial charge >= 0.3 is 0 Å². The predicted molar refractivity (Wildman–Crippen MR) is 54.8 cm³/mol. The summed E-state index contributed by atoms with van der Waals surface area (Å²) in [6, 6.07) is 0. The minimum atomic E-state index is 1.04. The van der Waals surface area contributed by atoms with E-state index in [0.29, 0.717) is 0 Å². The Morgan fingerprint density at radius 1 is 1.46 bits per heavy atom. The Morgan fingerprint density at radius 2 is 2.23 bits per heavy atom. The summed E-state index contributed by atoms with van der Waals surface area (Å²) in [6.45, 7) is 4.31. The van der Waals surface area contributed by atoms with Gasteiger partial charge in [0.25, 0.3) is 0 Å². The average Bonchev–Trinajstić information content (AvgIpc) is 2.49. The van der Waals surface area contributed by atoms with E-state index in [0.717, 1.165) is 19.5 Å². The number of aromatic nitrogens is 2. The van der Waals surface area contributed by atoms with Gasteiger partial charge < -0.3 is 9.47 Å². The van der Waals surface area contributed by atoms with E-state index in [1.807, 2.05) is 6.20 Å². The van der Waals surface area contributed by atoms with Crippen molar-refractivity contribution in [3.63, 3.8) is 0 Å². The highest BCUT2D eigenvalue weighted by atomic mass is 15.1. The number of hydrogen-bond acceptors (Lipinski definition) is 2. The van der Waals surface area contributed by atoms with Crippen molar-refractivity contribution in [2.75, 3.05) is 20.6 Å². The molecule has 0 bridgehead atoms. The summed E-state index contributed by atoms with van der Waals surface area (Å²) in [5.74, 6) is 1.21. The van der Waals surface area contributed by atoms with Crippen molar-refractivity contribution < 1.29 is 0 Å². The standard InChI is InChI=1S/C10H19N3/c1-4-5-10-11-6-7-13(10)9-8-12(2)3/h6-7H,4-5,8-9H2,1-3H3. The van der Waals surface area contributed by atoms with Gasteiger partial charge in [-0.3, -0.25) is 0 Å². The van der Waals surface area contributed by atoms with Crippen LogP contribution in [0.3, 0.4) is 0 Å². The third-order valence-electron chi connectivity index (χ3n) is 2.06. The van der Waals surface area contributed by atoms with Crippen molar-refractivity contribution >= 4 is 0 Å². The predicted octanol–water partition coefficient (Wildman–Crippen LogP) is 1.40. The third-order valence-corrected chi connectivity index (χ3v) is 2.06. The molecule has 13 heavy (non-hydrogen) atoms. The lowest BCUT2D eigenvalue weighted by atomic mass is 10.3. The number of hydrogen-bond donors (Lipinski definition) is 0. The molecule has 0 aromatic carbocycles. The first-order valence-electron chi connectivity index (χ1n) is 4.88. The normalized spacial score (nSPS) is 11.1. The molecule has 0 spiro atoms. The lowest BCUT2D eigenvalue weighted by Gasteiger charge is -2.11. The maximum Gasteiger partial charge on any atom is 0.108 e. The second kappa shape index (κ2) is 5.02. The van der Waals surface area contributed by atoms with E-state index in [-0.39, 0.29) is 0 Å². The second-order valence-electron chi connectivity index (χ2n) is 3.59. The van der Waals surface area contributed by atoms with Crippen LogP contribution in [0.15, 0.2) is 12.4 Å². The first kappa shape index (κ1) is 10.3. The van der Waals surface area contributed by atoms with Crippen LogP contribution in [0.5, 0.6) is 0 Å². The number of imidazole rings is 1. The molecule has 0 fully saturated rings. The Morgan fingerprint density at radius 3 is 2.85 bits per heavy atom. The van der Waals surface area contributed by atoms with Gasteiger partial charge in [0.2, 0.25) is 0 Å². The molecule has 0 aliphatic rings. The molecule has 0 saturated carbocycles. The van der Waals surface area contributed by atoms with E-state index in [1.54, 1.807) is 0 Å². The molecule has 0 aliphatic carbocycles. The van der Waals surface area contributed by atoms with Gasteiger partial charge in [0.1, 0.15) is 5.82 Å². The van der Waals surface area contributed by atoms with Gasteiger partial charge in [0.05, 0.1) is 0 Å². The molecule has 3 nitrogen and oxygen atoms in total. The lowest BCUT2D eigenvalue weighted by Crippen LogP contribution is -2.19. The van der Waals surface area contributed by atoms with Crippen molar-refractivity contribution in [3.8, 4) is 0 Å². The molecule has 0 amide bonds. The number of nitrogens with zero attached hydrogens (tertiary/aromatic N) is 3. The Balaban J connectivity index is 2.49. The highest BCUT2D eigenvalue weighted by Crippen LogP contribution is 2.00. The molecule has 0 N–H and O–H groups in total. The topological polar surface area (TPSA) is 21.1 Å². The molecule has 0 saturated heterocycles. The quantitative estimate of drug-likeness (QED) is 0.684. The molecule has 74 valence electrons. The lowest BCUT2D eigenvalue weighted by molar-refractivity contribution is 0.380. The van der Waals surface area contributed by atoms with Crippen LogP contribution in [0.1, 0.15) is 19.2 Å². The molecule has 0 unspecified atom stereocenters. The van der Waals surface area contributed by atoms with Crippen molar-refractivity contribution in [3.05, 3.63) is 18.2 Å². The molecule has 1 aromatic rings. The summed E-state index contributed by atoms with van der Waals surface area (Å²) in [4.78, 5) is 6.52. The van der Waals surface area contributed by atoms with Gasteiger partial charge in [0.15, 0.2) is 0 Å². The van der Waals surface area contributed by atoms with Gasteiger partial charge in [-0.15, -0.1) is 0 Å². The summed E-state index contributed by atoms with van der Waals surface area (Å²) in [5, 5.41) is 0. The molecule has 1 rings (SSSR count). The van der Waals surface area contributed by atoms with E-state index < -0.39 is 0 Å². The molecule has 0 atom stereocenters. The van der Waals surface area contributed by atoms with Crippen molar-refractivity contribution in [1.29, 1.82) is 0 Å². The van der Waals surface area contributed by atoms with Crippen LogP contribution >= 0.6 is 0 Å². The zero-order valence-corrected chi connectivity index (χ0v) is 8.82. The molecular formula is C10H19N3. The van der Waals surface area contributed by atoms with E-state index >= 15 is 0 Å². The molecule has 1 aromatic heterocycles. The third kappa shape index (κ3) is 3.19. The fourth-order valence-corrected chi connectivity index (χ4v) is 1.30. The molecule has 3 heteroatoms. The first-order valence-corrected chi connectivity index (χ1v) is 4.88. The average molecular weight is 181 g/mol. The largest absolute Gasteiger partial charge is 0.334 e. The van der Waals surface area contributed by atoms with Gasteiger partial charge in [-0.2, -0.15) is 0 Å². The molecule has 0 radical (unpaired) electrons. The fourth-order valence-electron chi connectivity index (χ4n) is 1.30. The minimum Gasteiger partial charge on any atom is -0.334 e. The Bertz CT molecular complexity index is 240. The number of likely N-dealkylation sites (N-methyl/N-ethyl adjacent to an activating group) is 1. The highest BCUT2D eigenvalue weighted by molar-refractivity contribution is 4.92. The van der Waals surface area contributed by atoms with Crippen molar-refractivity contribution in [2.45, 2.75) is 26.3 Å². The van der Waals surface area contributed by atoms with Crippen LogP contribution in [-0.4, -0.2) is 35.1 Å². The maximum atomic E-state index is 4.33. The van der Waals surface area contributed by atoms with Crippen LogP contribution in [0.25, 0.3) is 0 Å². The van der Waals surface area contributed by atoms with Crippen LogP contribution in [-0.2, 0) is 13.0 Å².